The Bertz CT molecular complexity index is 2090. The molecule has 43 heavy (non-hydrogen) atoms. The van der Waals surface area contributed by atoms with Gasteiger partial charge in [0.05, 0.1) is 5.52 Å². The van der Waals surface area contributed by atoms with Crippen LogP contribution in [0.3, 0.4) is 0 Å². The van der Waals surface area contributed by atoms with E-state index in [0.717, 1.165) is 22.5 Å². The third-order valence-electron chi connectivity index (χ3n) is 8.67. The van der Waals surface area contributed by atoms with Gasteiger partial charge in [-0.25, -0.2) is 0 Å². The van der Waals surface area contributed by atoms with Crippen LogP contribution < -0.4 is 0 Å². The van der Waals surface area contributed by atoms with Crippen molar-refractivity contribution >= 4 is 38.1 Å². The van der Waals surface area contributed by atoms with Crippen molar-refractivity contribution in [1.29, 1.82) is 0 Å². The first-order chi connectivity index (χ1) is 20.8. The van der Waals surface area contributed by atoms with E-state index in [1.54, 1.807) is 6.20 Å². The summed E-state index contributed by atoms with van der Waals surface area (Å²) in [6.45, 7) is 0. The Balaban J connectivity index is 0.000000195. The fourth-order valence-electron chi connectivity index (χ4n) is 6.70. The van der Waals surface area contributed by atoms with E-state index in [1.807, 2.05) is 60.8 Å². The van der Waals surface area contributed by atoms with E-state index in [-0.39, 0.29) is 20.1 Å². The first-order valence-corrected chi connectivity index (χ1v) is 14.8. The zero-order chi connectivity index (χ0) is 27.9. The molecule has 8 aromatic rings. The van der Waals surface area contributed by atoms with Gasteiger partial charge in [-0.2, -0.15) is 0 Å². The fourth-order valence-corrected chi connectivity index (χ4v) is 6.70. The summed E-state index contributed by atoms with van der Waals surface area (Å²) >= 11 is 0. The molecule has 1 saturated carbocycles. The van der Waals surface area contributed by atoms with E-state index in [9.17, 15) is 0 Å². The Kier molecular flexibility index (Phi) is 7.49. The minimum Gasteiger partial charge on any atom is -0.350 e. The van der Waals surface area contributed by atoms with Crippen LogP contribution in [0.25, 0.3) is 60.6 Å². The second-order valence-electron chi connectivity index (χ2n) is 11.2. The van der Waals surface area contributed by atoms with Crippen molar-refractivity contribution in [1.82, 2.24) is 14.4 Å². The summed E-state index contributed by atoms with van der Waals surface area (Å²) in [5, 5.41) is 5.42. The van der Waals surface area contributed by atoms with Gasteiger partial charge in [-0.15, -0.1) is 59.7 Å². The SMILES string of the molecule is [Ir].[c-]1cc2c(cc1-c1ccccn1)c1cc(C3CCCC3)cc3c4ccccc4n2c13.[c-]1ccccc1-c1ccccn1. The van der Waals surface area contributed by atoms with E-state index in [1.165, 1.54) is 69.3 Å². The standard InChI is InChI=1S/C28H21N2.C11H8N.Ir/c1-2-8-18(7-1)20-16-23-21-9-3-4-11-26(21)30-27-13-12-19(25-10-5-6-14-29-25)15-22(27)24(17-20)28(23)30;1-2-6-10(7-3-1)11-8-4-5-9-12-11;/h3-6,9-11,13-18H,1-2,7-8H2;1-6,8-9H;/q2*-1;. The maximum absolute atomic E-state index is 4.55. The molecule has 0 saturated heterocycles. The van der Waals surface area contributed by atoms with Gasteiger partial charge in [0.25, 0.3) is 0 Å². The number of hydrogen-bond acceptors (Lipinski definition) is 2. The Hall–Kier alpha value is -4.37. The number of rotatable bonds is 3. The summed E-state index contributed by atoms with van der Waals surface area (Å²) in [6, 6.07) is 44.6. The van der Waals surface area contributed by atoms with Crippen LogP contribution in [0, 0.1) is 12.1 Å². The van der Waals surface area contributed by atoms with Gasteiger partial charge >= 0.3 is 0 Å². The average molecular weight is 732 g/mol. The molecular formula is C39H29IrN3-2. The third kappa shape index (κ3) is 4.91. The summed E-state index contributed by atoms with van der Waals surface area (Å²) in [6.07, 6.45) is 8.99. The molecule has 0 unspecified atom stereocenters. The van der Waals surface area contributed by atoms with Gasteiger partial charge in [0.1, 0.15) is 0 Å². The molecule has 3 nitrogen and oxygen atoms in total. The van der Waals surface area contributed by atoms with Crippen LogP contribution in [-0.2, 0) is 20.1 Å². The second kappa shape index (κ2) is 11.7. The van der Waals surface area contributed by atoms with E-state index >= 15 is 0 Å². The predicted octanol–water partition coefficient (Wildman–Crippen LogP) is 9.90. The molecule has 4 heteroatoms. The molecule has 0 spiro atoms. The van der Waals surface area contributed by atoms with Crippen LogP contribution in [-0.4, -0.2) is 14.4 Å². The van der Waals surface area contributed by atoms with E-state index in [4.69, 9.17) is 0 Å². The molecule has 0 bridgehead atoms. The van der Waals surface area contributed by atoms with Crippen molar-refractivity contribution in [3.8, 4) is 22.5 Å². The molecule has 4 aromatic carbocycles. The minimum absolute atomic E-state index is 0. The Morgan fingerprint density at radius 1 is 0.605 bits per heavy atom. The summed E-state index contributed by atoms with van der Waals surface area (Å²) < 4.78 is 2.44. The van der Waals surface area contributed by atoms with Gasteiger partial charge in [0.2, 0.25) is 0 Å². The van der Waals surface area contributed by atoms with Crippen molar-refractivity contribution in [3.63, 3.8) is 0 Å². The van der Waals surface area contributed by atoms with Crippen molar-refractivity contribution in [2.45, 2.75) is 31.6 Å². The van der Waals surface area contributed by atoms with Gasteiger partial charge < -0.3 is 14.4 Å². The molecule has 1 fully saturated rings. The average Bonchev–Trinajstić information content (AvgIpc) is 3.80. The number of hydrogen-bond donors (Lipinski definition) is 0. The van der Waals surface area contributed by atoms with Crippen LogP contribution in [0.2, 0.25) is 0 Å². The van der Waals surface area contributed by atoms with Crippen molar-refractivity contribution in [2.24, 2.45) is 0 Å². The maximum Gasteiger partial charge on any atom is 0.0516 e. The van der Waals surface area contributed by atoms with E-state index in [2.05, 4.69) is 81.1 Å². The number of aromatic nitrogens is 3. The fraction of sp³-hybridized carbons (Fsp3) is 0.128. The zero-order valence-corrected chi connectivity index (χ0v) is 26.0. The van der Waals surface area contributed by atoms with Gasteiger partial charge in [-0.1, -0.05) is 66.8 Å². The number of fused-ring (bicyclic) bond motifs is 6. The van der Waals surface area contributed by atoms with E-state index in [0.29, 0.717) is 5.92 Å². The van der Waals surface area contributed by atoms with Crippen molar-refractivity contribution < 1.29 is 20.1 Å². The second-order valence-corrected chi connectivity index (χ2v) is 11.2. The number of para-hydroxylation sites is 1. The van der Waals surface area contributed by atoms with Crippen molar-refractivity contribution in [3.05, 3.63) is 139 Å². The minimum atomic E-state index is 0. The van der Waals surface area contributed by atoms with Crippen LogP contribution in [0.1, 0.15) is 37.2 Å². The number of nitrogens with zero attached hydrogens (tertiary/aromatic N) is 3. The third-order valence-corrected chi connectivity index (χ3v) is 8.67. The molecule has 4 aromatic heterocycles. The van der Waals surface area contributed by atoms with E-state index < -0.39 is 0 Å². The molecule has 0 aliphatic heterocycles. The largest absolute Gasteiger partial charge is 0.350 e. The van der Waals surface area contributed by atoms with Gasteiger partial charge in [-0.05, 0) is 70.9 Å². The quantitative estimate of drug-likeness (QED) is 0.170. The summed E-state index contributed by atoms with van der Waals surface area (Å²) in [4.78, 5) is 8.77. The Morgan fingerprint density at radius 3 is 1.98 bits per heavy atom. The zero-order valence-electron chi connectivity index (χ0n) is 23.6. The molecular weight excluding hydrogens is 703 g/mol. The molecule has 4 heterocycles. The normalized spacial score (nSPS) is 13.4. The molecule has 1 aliphatic carbocycles. The maximum atomic E-state index is 4.55. The first-order valence-electron chi connectivity index (χ1n) is 14.8. The molecule has 1 aliphatic rings. The summed E-state index contributed by atoms with van der Waals surface area (Å²) in [7, 11) is 0. The number of benzene rings is 4. The topological polar surface area (TPSA) is 30.2 Å². The molecule has 211 valence electrons. The van der Waals surface area contributed by atoms with Crippen LogP contribution in [0.15, 0.2) is 122 Å². The molecule has 0 N–H and O–H groups in total. The number of pyridine rings is 2. The van der Waals surface area contributed by atoms with Gasteiger partial charge in [0, 0.05) is 48.8 Å². The van der Waals surface area contributed by atoms with Crippen molar-refractivity contribution in [2.75, 3.05) is 0 Å². The van der Waals surface area contributed by atoms with Gasteiger partial charge in [-0.3, -0.25) is 0 Å². The molecule has 0 atom stereocenters. The Labute approximate surface area is 264 Å². The molecule has 1 radical (unpaired) electrons. The Morgan fingerprint density at radius 2 is 1.28 bits per heavy atom. The van der Waals surface area contributed by atoms with Crippen LogP contribution in [0.4, 0.5) is 0 Å². The van der Waals surface area contributed by atoms with Gasteiger partial charge in [0.15, 0.2) is 0 Å². The monoisotopic (exact) mass is 732 g/mol. The predicted molar refractivity (Wildman–Crippen MR) is 173 cm³/mol. The molecule has 9 rings (SSSR count). The van der Waals surface area contributed by atoms with Crippen LogP contribution >= 0.6 is 0 Å². The smallest absolute Gasteiger partial charge is 0.0516 e. The summed E-state index contributed by atoms with van der Waals surface area (Å²) in [5.74, 6) is 0.697. The van der Waals surface area contributed by atoms with Crippen LogP contribution in [0.5, 0.6) is 0 Å². The molecule has 0 amide bonds. The first kappa shape index (κ1) is 27.5. The summed E-state index contributed by atoms with van der Waals surface area (Å²) in [5.41, 5.74) is 9.43.